The first-order valence-electron chi connectivity index (χ1n) is 21.3. The molecule has 0 heterocycles. The molecule has 10 nitrogen and oxygen atoms in total. The van der Waals surface area contributed by atoms with Crippen LogP contribution in [0.4, 0.5) is 0 Å². The van der Waals surface area contributed by atoms with Gasteiger partial charge in [0.05, 0.1) is 19.8 Å². The maximum Gasteiger partial charge on any atom is 0.472 e. The molecule has 0 aromatic rings. The minimum absolute atomic E-state index is 0.154. The normalized spacial score (nSPS) is 14.1. The van der Waals surface area contributed by atoms with E-state index in [0.717, 1.165) is 51.4 Å². The van der Waals surface area contributed by atoms with Gasteiger partial charge in [0, 0.05) is 12.8 Å². The maximum absolute atomic E-state index is 12.6. The van der Waals surface area contributed by atoms with E-state index in [-0.39, 0.29) is 19.4 Å². The van der Waals surface area contributed by atoms with Crippen molar-refractivity contribution in [2.45, 2.75) is 206 Å². The fourth-order valence-corrected chi connectivity index (χ4v) is 6.54. The molecule has 0 aromatic carbocycles. The summed E-state index contributed by atoms with van der Waals surface area (Å²) >= 11 is 0. The van der Waals surface area contributed by atoms with E-state index in [1.165, 1.54) is 103 Å². The van der Waals surface area contributed by atoms with E-state index in [4.69, 9.17) is 19.1 Å². The van der Waals surface area contributed by atoms with Gasteiger partial charge in [-0.15, -0.1) is 0 Å². The van der Waals surface area contributed by atoms with Crippen molar-refractivity contribution in [2.24, 2.45) is 0 Å². The van der Waals surface area contributed by atoms with Gasteiger partial charge in [0.2, 0.25) is 0 Å². The summed E-state index contributed by atoms with van der Waals surface area (Å²) in [5.41, 5.74) is 0. The molecule has 11 heteroatoms. The molecule has 0 spiro atoms. The standard InChI is InChI=1S/C42H79O10P/c1-3-5-7-9-11-13-15-17-19-21-23-25-27-29-31-33-41(45)49-37-40(38-51-53(47,48)50-36-39(44)35-43)52-42(46)34-32-30-28-26-24-22-20-18-16-14-12-10-8-6-4-2/h17,19,24,26,39-40,43-44H,3-16,18,20-23,25,27-38H2,1-2H3,(H,47,48)/b19-17+,26-24+/t39-,40+/m0/s1. The van der Waals surface area contributed by atoms with Crippen LogP contribution in [0.3, 0.4) is 0 Å². The van der Waals surface area contributed by atoms with E-state index in [2.05, 4.69) is 42.7 Å². The summed E-state index contributed by atoms with van der Waals surface area (Å²) < 4.78 is 32.6. The van der Waals surface area contributed by atoms with Gasteiger partial charge in [-0.2, -0.15) is 0 Å². The van der Waals surface area contributed by atoms with Gasteiger partial charge in [0.25, 0.3) is 0 Å². The largest absolute Gasteiger partial charge is 0.472 e. The lowest BCUT2D eigenvalue weighted by molar-refractivity contribution is -0.161. The zero-order valence-corrected chi connectivity index (χ0v) is 34.6. The lowest BCUT2D eigenvalue weighted by Crippen LogP contribution is -2.29. The van der Waals surface area contributed by atoms with Crippen molar-refractivity contribution in [3.63, 3.8) is 0 Å². The number of esters is 2. The van der Waals surface area contributed by atoms with Crippen molar-refractivity contribution in [3.8, 4) is 0 Å². The number of ether oxygens (including phenoxy) is 2. The van der Waals surface area contributed by atoms with Gasteiger partial charge < -0.3 is 24.6 Å². The van der Waals surface area contributed by atoms with Crippen molar-refractivity contribution < 1.29 is 47.8 Å². The van der Waals surface area contributed by atoms with Crippen molar-refractivity contribution >= 4 is 19.8 Å². The van der Waals surface area contributed by atoms with Gasteiger partial charge in [0.1, 0.15) is 12.7 Å². The van der Waals surface area contributed by atoms with Crippen molar-refractivity contribution in [3.05, 3.63) is 24.3 Å². The highest BCUT2D eigenvalue weighted by Crippen LogP contribution is 2.43. The van der Waals surface area contributed by atoms with Crippen LogP contribution < -0.4 is 0 Å². The number of hydrogen-bond donors (Lipinski definition) is 3. The number of aliphatic hydroxyl groups excluding tert-OH is 2. The Morgan fingerprint density at radius 1 is 0.547 bits per heavy atom. The number of carbonyl (C=O) groups is 2. The molecule has 0 aliphatic carbocycles. The molecule has 0 aliphatic rings. The van der Waals surface area contributed by atoms with Crippen LogP contribution in [0.2, 0.25) is 0 Å². The fourth-order valence-electron chi connectivity index (χ4n) is 5.75. The third kappa shape index (κ3) is 38.5. The van der Waals surface area contributed by atoms with E-state index in [9.17, 15) is 24.2 Å². The van der Waals surface area contributed by atoms with Crippen LogP contribution in [0.1, 0.15) is 194 Å². The Bertz CT molecular complexity index is 941. The Hall–Kier alpha value is -1.55. The van der Waals surface area contributed by atoms with E-state index >= 15 is 0 Å². The van der Waals surface area contributed by atoms with Crippen molar-refractivity contribution in [1.29, 1.82) is 0 Å². The van der Waals surface area contributed by atoms with Crippen LogP contribution in [0, 0.1) is 0 Å². The number of phosphoric ester groups is 1. The highest BCUT2D eigenvalue weighted by Gasteiger charge is 2.27. The molecule has 0 fully saturated rings. The molecule has 53 heavy (non-hydrogen) atoms. The van der Waals surface area contributed by atoms with Gasteiger partial charge in [0.15, 0.2) is 6.10 Å². The number of allylic oxidation sites excluding steroid dienone is 4. The molecular weight excluding hydrogens is 695 g/mol. The summed E-state index contributed by atoms with van der Waals surface area (Å²) in [4.78, 5) is 34.9. The molecule has 0 radical (unpaired) electrons. The number of rotatable bonds is 40. The second-order valence-corrected chi connectivity index (χ2v) is 15.8. The molecule has 3 atom stereocenters. The molecule has 0 amide bonds. The topological polar surface area (TPSA) is 149 Å². The van der Waals surface area contributed by atoms with Crippen LogP contribution in [-0.4, -0.2) is 65.7 Å². The zero-order valence-electron chi connectivity index (χ0n) is 33.7. The molecule has 0 aromatic heterocycles. The fraction of sp³-hybridized carbons (Fsp3) is 0.857. The molecule has 0 saturated carbocycles. The molecule has 0 bridgehead atoms. The lowest BCUT2D eigenvalue weighted by Gasteiger charge is -2.20. The average Bonchev–Trinajstić information content (AvgIpc) is 3.14. The minimum atomic E-state index is -4.62. The first-order valence-corrected chi connectivity index (χ1v) is 22.8. The summed E-state index contributed by atoms with van der Waals surface area (Å²) in [6, 6.07) is 0. The zero-order chi connectivity index (χ0) is 39.1. The predicted molar refractivity (Wildman–Crippen MR) is 215 cm³/mol. The lowest BCUT2D eigenvalue weighted by atomic mass is 10.1. The molecule has 0 aliphatic heterocycles. The minimum Gasteiger partial charge on any atom is -0.462 e. The second-order valence-electron chi connectivity index (χ2n) is 14.4. The first-order chi connectivity index (χ1) is 25.7. The Kier molecular flexibility index (Phi) is 37.6. The van der Waals surface area contributed by atoms with Crippen LogP contribution in [-0.2, 0) is 32.7 Å². The van der Waals surface area contributed by atoms with E-state index < -0.39 is 51.8 Å². The summed E-state index contributed by atoms with van der Waals surface area (Å²) in [7, 11) is -4.62. The van der Waals surface area contributed by atoms with Gasteiger partial charge in [-0.25, -0.2) is 4.57 Å². The van der Waals surface area contributed by atoms with Gasteiger partial charge in [-0.05, 0) is 64.2 Å². The summed E-state index contributed by atoms with van der Waals surface area (Å²) in [5.74, 6) is -0.956. The van der Waals surface area contributed by atoms with Gasteiger partial charge in [-0.3, -0.25) is 18.6 Å². The molecule has 312 valence electrons. The Morgan fingerprint density at radius 2 is 0.925 bits per heavy atom. The number of hydrogen-bond acceptors (Lipinski definition) is 9. The predicted octanol–water partition coefficient (Wildman–Crippen LogP) is 11.0. The molecule has 0 rings (SSSR count). The summed E-state index contributed by atoms with van der Waals surface area (Å²) in [6.07, 6.45) is 37.2. The highest BCUT2D eigenvalue weighted by atomic mass is 31.2. The monoisotopic (exact) mass is 775 g/mol. The number of phosphoric acid groups is 1. The van der Waals surface area contributed by atoms with Gasteiger partial charge in [-0.1, -0.05) is 141 Å². The van der Waals surface area contributed by atoms with Crippen molar-refractivity contribution in [2.75, 3.05) is 26.4 Å². The first kappa shape index (κ1) is 51.5. The Balaban J connectivity index is 4.34. The SMILES string of the molecule is CCCCCCCC/C=C/CCCCCCCC(=O)OC[C@H](COP(=O)(O)OC[C@@H](O)CO)OC(=O)CCCC/C=C/CCCCCCCCCCC. The molecule has 1 unspecified atom stereocenters. The molecule has 3 N–H and O–H groups in total. The van der Waals surface area contributed by atoms with Crippen LogP contribution >= 0.6 is 7.82 Å². The average molecular weight is 775 g/mol. The van der Waals surface area contributed by atoms with Crippen LogP contribution in [0.25, 0.3) is 0 Å². The third-order valence-electron chi connectivity index (χ3n) is 9.08. The van der Waals surface area contributed by atoms with Crippen molar-refractivity contribution in [1.82, 2.24) is 0 Å². The summed E-state index contributed by atoms with van der Waals surface area (Å²) in [6.45, 7) is 2.35. The van der Waals surface area contributed by atoms with E-state index in [0.29, 0.717) is 12.8 Å². The highest BCUT2D eigenvalue weighted by molar-refractivity contribution is 7.47. The smallest absolute Gasteiger partial charge is 0.462 e. The molecular formula is C42H79O10P. The second kappa shape index (κ2) is 38.7. The quantitative estimate of drug-likeness (QED) is 0.0238. The van der Waals surface area contributed by atoms with Crippen LogP contribution in [0.15, 0.2) is 24.3 Å². The third-order valence-corrected chi connectivity index (χ3v) is 10.0. The maximum atomic E-state index is 12.6. The Morgan fingerprint density at radius 3 is 1.40 bits per heavy atom. The van der Waals surface area contributed by atoms with E-state index in [1.807, 2.05) is 0 Å². The number of aliphatic hydroxyl groups is 2. The van der Waals surface area contributed by atoms with Gasteiger partial charge >= 0.3 is 19.8 Å². The molecule has 0 saturated heterocycles. The number of unbranched alkanes of at least 4 members (excludes halogenated alkanes) is 22. The Labute approximate surface area is 323 Å². The number of carbonyl (C=O) groups excluding carboxylic acids is 2. The van der Waals surface area contributed by atoms with Crippen LogP contribution in [0.5, 0.6) is 0 Å². The summed E-state index contributed by atoms with van der Waals surface area (Å²) in [5, 5.41) is 18.3. The van der Waals surface area contributed by atoms with E-state index in [1.54, 1.807) is 0 Å².